The van der Waals surface area contributed by atoms with Crippen LogP contribution in [-0.4, -0.2) is 57.2 Å². The molecule has 0 saturated heterocycles. The summed E-state index contributed by atoms with van der Waals surface area (Å²) in [6.45, 7) is 7.31. The van der Waals surface area contributed by atoms with Crippen molar-refractivity contribution in [2.24, 2.45) is 10.4 Å². The number of hydrogen-bond donors (Lipinski definition) is 3. The van der Waals surface area contributed by atoms with Crippen molar-refractivity contribution in [1.29, 1.82) is 0 Å². The molecule has 7 nitrogen and oxygen atoms in total. The van der Waals surface area contributed by atoms with Crippen LogP contribution in [0.3, 0.4) is 0 Å². The zero-order chi connectivity index (χ0) is 20.8. The van der Waals surface area contributed by atoms with Gasteiger partial charge in [-0.2, -0.15) is 0 Å². The van der Waals surface area contributed by atoms with Crippen molar-refractivity contribution in [3.05, 3.63) is 29.8 Å². The number of nitrogens with zero attached hydrogens (tertiary/aromatic N) is 1. The van der Waals surface area contributed by atoms with Crippen molar-refractivity contribution in [2.45, 2.75) is 45.8 Å². The molecule has 0 aliphatic heterocycles. The lowest BCUT2D eigenvalue weighted by atomic mass is 10.1. The molecule has 1 saturated carbocycles. The molecule has 1 fully saturated rings. The van der Waals surface area contributed by atoms with E-state index in [-0.39, 0.29) is 23.8 Å². The molecule has 28 heavy (non-hydrogen) atoms. The van der Waals surface area contributed by atoms with Gasteiger partial charge in [0.2, 0.25) is 0 Å². The largest absolute Gasteiger partial charge is 0.491 e. The fourth-order valence-electron chi connectivity index (χ4n) is 3.05. The van der Waals surface area contributed by atoms with Crippen LogP contribution in [-0.2, 0) is 9.84 Å². The summed E-state index contributed by atoms with van der Waals surface area (Å²) in [6.07, 6.45) is 2.39. The maximum Gasteiger partial charge on any atom is 0.191 e. The van der Waals surface area contributed by atoms with E-state index in [9.17, 15) is 13.5 Å². The lowest BCUT2D eigenvalue weighted by Gasteiger charge is -2.18. The predicted octanol–water partition coefficient (Wildman–Crippen LogP) is 1.89. The van der Waals surface area contributed by atoms with Crippen LogP contribution in [0.2, 0.25) is 0 Å². The zero-order valence-corrected chi connectivity index (χ0v) is 18.1. The fourth-order valence-corrected chi connectivity index (χ4v) is 4.54. The molecular formula is C20H33N3O4S. The van der Waals surface area contributed by atoms with Gasteiger partial charge in [0.1, 0.15) is 15.6 Å². The van der Waals surface area contributed by atoms with Crippen molar-refractivity contribution in [2.75, 3.05) is 31.6 Å². The van der Waals surface area contributed by atoms with E-state index in [1.807, 2.05) is 45.0 Å². The Balaban J connectivity index is 1.95. The average Bonchev–Trinajstić information content (AvgIpc) is 3.34. The highest BCUT2D eigenvalue weighted by Crippen LogP contribution is 2.46. The third kappa shape index (κ3) is 7.67. The first-order chi connectivity index (χ1) is 13.1. The molecule has 1 aliphatic carbocycles. The Labute approximate surface area is 168 Å². The topological polar surface area (TPSA) is 100 Å². The molecular weight excluding hydrogens is 378 g/mol. The van der Waals surface area contributed by atoms with E-state index in [2.05, 4.69) is 15.6 Å². The molecule has 1 unspecified atom stereocenters. The minimum atomic E-state index is -3.02. The normalized spacial score (nSPS) is 17.3. The van der Waals surface area contributed by atoms with Crippen LogP contribution < -0.4 is 15.4 Å². The summed E-state index contributed by atoms with van der Waals surface area (Å²) in [7, 11) is -3.02. The van der Waals surface area contributed by atoms with Crippen molar-refractivity contribution < 1.29 is 18.3 Å². The first kappa shape index (κ1) is 22.5. The molecule has 2 rings (SSSR count). The Morgan fingerprint density at radius 2 is 2.04 bits per heavy atom. The highest BCUT2D eigenvalue weighted by molar-refractivity contribution is 7.90. The monoisotopic (exact) mass is 411 g/mol. The van der Waals surface area contributed by atoms with Gasteiger partial charge in [0.05, 0.1) is 18.0 Å². The number of benzene rings is 1. The van der Waals surface area contributed by atoms with E-state index in [1.54, 1.807) is 0 Å². The van der Waals surface area contributed by atoms with Crippen LogP contribution in [0.1, 0.15) is 45.3 Å². The Kier molecular flexibility index (Phi) is 7.71. The molecule has 0 spiro atoms. The summed E-state index contributed by atoms with van der Waals surface area (Å²) in [5.41, 5.74) is 0.536. The lowest BCUT2D eigenvalue weighted by Crippen LogP contribution is -2.40. The number of aliphatic imine (C=N–C) groups is 1. The highest BCUT2D eigenvalue weighted by atomic mass is 32.2. The number of ether oxygens (including phenoxy) is 1. The molecule has 1 aliphatic rings. The number of aliphatic hydroxyl groups excluding tert-OH is 1. The van der Waals surface area contributed by atoms with Gasteiger partial charge in [0, 0.05) is 31.3 Å². The van der Waals surface area contributed by atoms with Crippen LogP contribution >= 0.6 is 0 Å². The van der Waals surface area contributed by atoms with E-state index in [0.29, 0.717) is 19.0 Å². The molecule has 158 valence electrons. The lowest BCUT2D eigenvalue weighted by molar-refractivity contribution is 0.179. The highest BCUT2D eigenvalue weighted by Gasteiger charge is 2.45. The van der Waals surface area contributed by atoms with Gasteiger partial charge in [-0.15, -0.1) is 0 Å². The Hall–Kier alpha value is -1.80. The second-order valence-corrected chi connectivity index (χ2v) is 10.0. The number of sulfone groups is 1. The Morgan fingerprint density at radius 3 is 2.61 bits per heavy atom. The van der Waals surface area contributed by atoms with Crippen molar-refractivity contribution in [1.82, 2.24) is 10.6 Å². The molecule has 0 bridgehead atoms. The minimum Gasteiger partial charge on any atom is -0.491 e. The van der Waals surface area contributed by atoms with Crippen LogP contribution in [0.4, 0.5) is 0 Å². The number of hydrogen-bond acceptors (Lipinski definition) is 5. The molecule has 0 aromatic heterocycles. The maximum atomic E-state index is 11.6. The van der Waals surface area contributed by atoms with Gasteiger partial charge in [0.25, 0.3) is 0 Å². The SMILES string of the molecule is CCNC(=NCC1(CS(C)(=O)=O)CC1)NCC(O)c1cccc(OC(C)C)c1. The second-order valence-electron chi connectivity index (χ2n) is 7.90. The van der Waals surface area contributed by atoms with Gasteiger partial charge in [-0.25, -0.2) is 8.42 Å². The number of aliphatic hydroxyl groups is 1. The average molecular weight is 412 g/mol. The number of nitrogens with one attached hydrogen (secondary N) is 2. The van der Waals surface area contributed by atoms with Gasteiger partial charge >= 0.3 is 0 Å². The van der Waals surface area contributed by atoms with Gasteiger partial charge in [-0.05, 0) is 51.3 Å². The molecule has 1 aromatic carbocycles. The van der Waals surface area contributed by atoms with Gasteiger partial charge in [-0.3, -0.25) is 4.99 Å². The first-order valence-electron chi connectivity index (χ1n) is 9.77. The van der Waals surface area contributed by atoms with E-state index < -0.39 is 15.9 Å². The quantitative estimate of drug-likeness (QED) is 0.402. The molecule has 1 aromatic rings. The van der Waals surface area contributed by atoms with Crippen molar-refractivity contribution in [3.8, 4) is 5.75 Å². The smallest absolute Gasteiger partial charge is 0.191 e. The van der Waals surface area contributed by atoms with Crippen LogP contribution in [0.25, 0.3) is 0 Å². The van der Waals surface area contributed by atoms with E-state index in [1.165, 1.54) is 6.26 Å². The third-order valence-corrected chi connectivity index (χ3v) is 5.66. The summed E-state index contributed by atoms with van der Waals surface area (Å²) in [6, 6.07) is 7.42. The molecule has 1 atom stereocenters. The summed E-state index contributed by atoms with van der Waals surface area (Å²) in [5, 5.41) is 16.8. The zero-order valence-electron chi connectivity index (χ0n) is 17.2. The minimum absolute atomic E-state index is 0.0692. The van der Waals surface area contributed by atoms with Crippen LogP contribution in [0, 0.1) is 5.41 Å². The molecule has 8 heteroatoms. The Morgan fingerprint density at radius 1 is 1.32 bits per heavy atom. The third-order valence-electron chi connectivity index (χ3n) is 4.52. The van der Waals surface area contributed by atoms with E-state index in [0.717, 1.165) is 24.2 Å². The standard InChI is InChI=1S/C20H33N3O4S/c1-5-21-19(23-13-20(9-10-20)14-28(4,25)26)22-12-18(24)16-7-6-8-17(11-16)27-15(2)3/h6-8,11,15,18,24H,5,9-10,12-14H2,1-4H3,(H2,21,22,23). The maximum absolute atomic E-state index is 11.6. The number of rotatable bonds is 10. The molecule has 0 heterocycles. The van der Waals surface area contributed by atoms with E-state index in [4.69, 9.17) is 4.74 Å². The predicted molar refractivity (Wildman–Crippen MR) is 113 cm³/mol. The molecule has 3 N–H and O–H groups in total. The molecule has 0 amide bonds. The second kappa shape index (κ2) is 9.60. The molecule has 0 radical (unpaired) electrons. The Bertz CT molecular complexity index is 773. The van der Waals surface area contributed by atoms with Crippen LogP contribution in [0.5, 0.6) is 5.75 Å². The van der Waals surface area contributed by atoms with Crippen LogP contribution in [0.15, 0.2) is 29.3 Å². The summed E-state index contributed by atoms with van der Waals surface area (Å²) >= 11 is 0. The van der Waals surface area contributed by atoms with Crippen molar-refractivity contribution in [3.63, 3.8) is 0 Å². The summed E-state index contributed by atoms with van der Waals surface area (Å²) in [4.78, 5) is 4.55. The summed E-state index contributed by atoms with van der Waals surface area (Å²) in [5.74, 6) is 1.48. The summed E-state index contributed by atoms with van der Waals surface area (Å²) < 4.78 is 28.9. The fraction of sp³-hybridized carbons (Fsp3) is 0.650. The number of guanidine groups is 1. The van der Waals surface area contributed by atoms with Crippen molar-refractivity contribution >= 4 is 15.8 Å². The van der Waals surface area contributed by atoms with E-state index >= 15 is 0 Å². The van der Waals surface area contributed by atoms with Gasteiger partial charge < -0.3 is 20.5 Å². The first-order valence-corrected chi connectivity index (χ1v) is 11.8. The van der Waals surface area contributed by atoms with Gasteiger partial charge in [-0.1, -0.05) is 12.1 Å². The van der Waals surface area contributed by atoms with Gasteiger partial charge in [0.15, 0.2) is 5.96 Å².